The summed E-state index contributed by atoms with van der Waals surface area (Å²) in [6, 6.07) is 0. The fourth-order valence-corrected chi connectivity index (χ4v) is 0.751. The Hall–Kier alpha value is -1.19. The molecule has 0 amide bonds. The Balaban J connectivity index is 3.26. The lowest BCUT2D eigenvalue weighted by molar-refractivity contribution is 0.371. The van der Waals surface area contributed by atoms with E-state index in [0.29, 0.717) is 0 Å². The lowest BCUT2D eigenvalue weighted by atomic mass is 10.1. The van der Waals surface area contributed by atoms with Crippen LogP contribution in [-0.2, 0) is 5.54 Å². The van der Waals surface area contributed by atoms with Gasteiger partial charge in [0.1, 0.15) is 12.7 Å². The van der Waals surface area contributed by atoms with Crippen LogP contribution >= 0.6 is 0 Å². The topological polar surface area (TPSA) is 47.8 Å². The standard InChI is InChI=1S/C7H11N3O/c1-7(2,3)10-5-8-4-9-6(10)11/h4-5H,1-3H3. The number of hydrogen-bond donors (Lipinski definition) is 0. The van der Waals surface area contributed by atoms with Crippen LogP contribution in [0.2, 0.25) is 0 Å². The lowest BCUT2D eigenvalue weighted by Gasteiger charge is -2.19. The normalized spacial score (nSPS) is 11.5. The van der Waals surface area contributed by atoms with Gasteiger partial charge in [-0.2, -0.15) is 4.98 Å². The zero-order valence-corrected chi connectivity index (χ0v) is 6.90. The molecule has 0 atom stereocenters. The lowest BCUT2D eigenvalue weighted by Crippen LogP contribution is -2.34. The van der Waals surface area contributed by atoms with Gasteiger partial charge in [0, 0.05) is 5.54 Å². The first-order valence-electron chi connectivity index (χ1n) is 3.41. The molecule has 0 spiro atoms. The van der Waals surface area contributed by atoms with Gasteiger partial charge in [0.05, 0.1) is 0 Å². The van der Waals surface area contributed by atoms with E-state index in [2.05, 4.69) is 9.97 Å². The maximum Gasteiger partial charge on any atom is 0.350 e. The first kappa shape index (κ1) is 7.91. The molecule has 0 unspecified atom stereocenters. The van der Waals surface area contributed by atoms with Gasteiger partial charge in [0.2, 0.25) is 0 Å². The number of rotatable bonds is 0. The summed E-state index contributed by atoms with van der Waals surface area (Å²) in [7, 11) is 0. The number of nitrogens with zero attached hydrogens (tertiary/aromatic N) is 3. The average molecular weight is 153 g/mol. The monoisotopic (exact) mass is 153 g/mol. The second kappa shape index (κ2) is 2.45. The quantitative estimate of drug-likeness (QED) is 0.541. The molecule has 0 bridgehead atoms. The minimum Gasteiger partial charge on any atom is -0.277 e. The van der Waals surface area contributed by atoms with Crippen molar-refractivity contribution in [2.75, 3.05) is 0 Å². The fraction of sp³-hybridized carbons (Fsp3) is 0.571. The van der Waals surface area contributed by atoms with E-state index in [4.69, 9.17) is 0 Å². The molecule has 1 heterocycles. The third-order valence-electron chi connectivity index (χ3n) is 1.35. The highest BCUT2D eigenvalue weighted by Crippen LogP contribution is 2.07. The van der Waals surface area contributed by atoms with Crippen molar-refractivity contribution in [1.29, 1.82) is 0 Å². The summed E-state index contributed by atoms with van der Waals surface area (Å²) in [5.74, 6) is 0. The maximum atomic E-state index is 11.1. The van der Waals surface area contributed by atoms with E-state index >= 15 is 0 Å². The predicted octanol–water partition coefficient (Wildman–Crippen LogP) is 0.393. The molecular weight excluding hydrogens is 142 g/mol. The molecule has 0 radical (unpaired) electrons. The summed E-state index contributed by atoms with van der Waals surface area (Å²) in [5.41, 5.74) is -0.495. The summed E-state index contributed by atoms with van der Waals surface area (Å²) in [6.45, 7) is 5.78. The van der Waals surface area contributed by atoms with Crippen molar-refractivity contribution in [2.24, 2.45) is 0 Å². The Morgan fingerprint density at radius 1 is 1.45 bits per heavy atom. The number of hydrogen-bond acceptors (Lipinski definition) is 3. The van der Waals surface area contributed by atoms with Crippen LogP contribution in [0.25, 0.3) is 0 Å². The molecule has 0 saturated carbocycles. The molecule has 0 aliphatic heterocycles. The highest BCUT2D eigenvalue weighted by atomic mass is 16.1. The molecule has 11 heavy (non-hydrogen) atoms. The second-order valence-corrected chi connectivity index (χ2v) is 3.33. The summed E-state index contributed by atoms with van der Waals surface area (Å²) in [6.07, 6.45) is 2.75. The second-order valence-electron chi connectivity index (χ2n) is 3.33. The van der Waals surface area contributed by atoms with Crippen LogP contribution < -0.4 is 5.69 Å². The van der Waals surface area contributed by atoms with E-state index in [1.165, 1.54) is 17.2 Å². The van der Waals surface area contributed by atoms with Crippen molar-refractivity contribution in [1.82, 2.24) is 14.5 Å². The van der Waals surface area contributed by atoms with Crippen LogP contribution in [0.15, 0.2) is 17.4 Å². The van der Waals surface area contributed by atoms with Crippen molar-refractivity contribution in [3.63, 3.8) is 0 Å². The zero-order valence-electron chi connectivity index (χ0n) is 6.90. The Morgan fingerprint density at radius 3 is 2.45 bits per heavy atom. The van der Waals surface area contributed by atoms with Gasteiger partial charge in [0.25, 0.3) is 0 Å². The van der Waals surface area contributed by atoms with Gasteiger partial charge in [-0.3, -0.25) is 4.57 Å². The molecule has 0 aliphatic rings. The zero-order chi connectivity index (χ0) is 8.48. The van der Waals surface area contributed by atoms with Crippen LogP contribution in [0.4, 0.5) is 0 Å². The Morgan fingerprint density at radius 2 is 2.09 bits per heavy atom. The predicted molar refractivity (Wildman–Crippen MR) is 41.3 cm³/mol. The third kappa shape index (κ3) is 1.63. The molecule has 1 rings (SSSR count). The fourth-order valence-electron chi connectivity index (χ4n) is 0.751. The van der Waals surface area contributed by atoms with Gasteiger partial charge in [0.15, 0.2) is 0 Å². The van der Waals surface area contributed by atoms with Crippen LogP contribution in [0.3, 0.4) is 0 Å². The highest BCUT2D eigenvalue weighted by Gasteiger charge is 2.13. The van der Waals surface area contributed by atoms with E-state index < -0.39 is 0 Å². The molecule has 0 saturated heterocycles. The van der Waals surface area contributed by atoms with E-state index in [-0.39, 0.29) is 11.2 Å². The molecule has 0 fully saturated rings. The van der Waals surface area contributed by atoms with Crippen LogP contribution in [0, 0.1) is 0 Å². The summed E-state index contributed by atoms with van der Waals surface area (Å²) >= 11 is 0. The Labute approximate surface area is 64.9 Å². The molecule has 1 aromatic rings. The minimum atomic E-state index is -0.257. The molecule has 4 nitrogen and oxygen atoms in total. The van der Waals surface area contributed by atoms with Crippen molar-refractivity contribution < 1.29 is 0 Å². The van der Waals surface area contributed by atoms with Gasteiger partial charge in [-0.25, -0.2) is 9.78 Å². The van der Waals surface area contributed by atoms with Gasteiger partial charge >= 0.3 is 5.69 Å². The summed E-state index contributed by atoms with van der Waals surface area (Å²) in [4.78, 5) is 18.4. The first-order chi connectivity index (χ1) is 5.02. The van der Waals surface area contributed by atoms with E-state index in [0.717, 1.165) is 0 Å². The van der Waals surface area contributed by atoms with Crippen LogP contribution in [0.1, 0.15) is 20.8 Å². The van der Waals surface area contributed by atoms with Gasteiger partial charge in [-0.15, -0.1) is 0 Å². The molecule has 0 aromatic carbocycles. The minimum absolute atomic E-state index is 0.238. The largest absolute Gasteiger partial charge is 0.350 e. The highest BCUT2D eigenvalue weighted by molar-refractivity contribution is 4.77. The number of aromatic nitrogens is 3. The van der Waals surface area contributed by atoms with Crippen molar-refractivity contribution in [3.05, 3.63) is 23.1 Å². The molecule has 0 aliphatic carbocycles. The van der Waals surface area contributed by atoms with E-state index in [1.807, 2.05) is 20.8 Å². The first-order valence-corrected chi connectivity index (χ1v) is 3.41. The van der Waals surface area contributed by atoms with E-state index in [9.17, 15) is 4.79 Å². The van der Waals surface area contributed by atoms with Crippen molar-refractivity contribution >= 4 is 0 Å². The molecule has 1 aromatic heterocycles. The summed E-state index contributed by atoms with van der Waals surface area (Å²) < 4.78 is 1.49. The van der Waals surface area contributed by atoms with Gasteiger partial charge in [-0.05, 0) is 20.8 Å². The van der Waals surface area contributed by atoms with E-state index in [1.54, 1.807) is 0 Å². The van der Waals surface area contributed by atoms with Crippen LogP contribution in [-0.4, -0.2) is 14.5 Å². The van der Waals surface area contributed by atoms with Gasteiger partial charge in [-0.1, -0.05) is 0 Å². The van der Waals surface area contributed by atoms with Crippen LogP contribution in [0.5, 0.6) is 0 Å². The SMILES string of the molecule is CC(C)(C)n1cncnc1=O. The average Bonchev–Trinajstić information content (AvgIpc) is 1.86. The maximum absolute atomic E-state index is 11.1. The smallest absolute Gasteiger partial charge is 0.277 e. The third-order valence-corrected chi connectivity index (χ3v) is 1.35. The summed E-state index contributed by atoms with van der Waals surface area (Å²) in [5, 5.41) is 0. The van der Waals surface area contributed by atoms with Crippen molar-refractivity contribution in [3.8, 4) is 0 Å². The Kier molecular flexibility index (Phi) is 1.76. The van der Waals surface area contributed by atoms with Gasteiger partial charge < -0.3 is 0 Å². The molecule has 60 valence electrons. The molecule has 4 heteroatoms. The molecular formula is C7H11N3O. The molecule has 0 N–H and O–H groups in total. The van der Waals surface area contributed by atoms with Crippen molar-refractivity contribution in [2.45, 2.75) is 26.3 Å². The Bertz CT molecular complexity index is 297.